The Kier molecular flexibility index (Phi) is 9.35. The van der Waals surface area contributed by atoms with Crippen LogP contribution in [0.2, 0.25) is 0 Å². The first-order chi connectivity index (χ1) is 14.8. The molecule has 0 aliphatic carbocycles. The van der Waals surface area contributed by atoms with Gasteiger partial charge < -0.3 is 0 Å². The van der Waals surface area contributed by atoms with Crippen molar-refractivity contribution in [1.82, 2.24) is 0 Å². The molecule has 0 fully saturated rings. The smallest absolute Gasteiger partial charge is 0.202 e. The van der Waals surface area contributed by atoms with Gasteiger partial charge in [0.2, 0.25) is 11.7 Å². The summed E-state index contributed by atoms with van der Waals surface area (Å²) in [6.07, 6.45) is -15.1. The van der Waals surface area contributed by atoms with Gasteiger partial charge >= 0.3 is 53.8 Å². The highest BCUT2D eigenvalue weighted by molar-refractivity contribution is 5.23. The monoisotopic (exact) mass is 580 g/mol. The molecule has 0 spiro atoms. The highest BCUT2D eigenvalue weighted by Crippen LogP contribution is 2.64. The molecule has 0 amide bonds. The second-order valence-corrected chi connectivity index (χ2v) is 5.64. The van der Waals surface area contributed by atoms with E-state index in [-0.39, 0.29) is 0 Å². The minimum atomic E-state index is -9.12. The van der Waals surface area contributed by atoms with E-state index in [2.05, 4.69) is 0 Å². The standard InChI is InChI=1S/C11F22.C2H6/c12-1(2(13)4(16,17)18)3(14,15)5(19,20)6(21,22)7(23,24)8(25,26)9(27,28)10(29,30)11(31,32)33;1-2/h;1-2H3. The largest absolute Gasteiger partial charge is 0.460 e. The molecular weight excluding hydrogens is 574 g/mol. The summed E-state index contributed by atoms with van der Waals surface area (Å²) in [4.78, 5) is 0. The lowest BCUT2D eigenvalue weighted by Crippen LogP contribution is -2.74. The zero-order chi connectivity index (χ0) is 29.7. The molecule has 0 saturated carbocycles. The van der Waals surface area contributed by atoms with Crippen molar-refractivity contribution in [2.24, 2.45) is 0 Å². The minimum Gasteiger partial charge on any atom is -0.202 e. The van der Waals surface area contributed by atoms with Gasteiger partial charge in [-0.15, -0.1) is 0 Å². The molecule has 0 saturated heterocycles. The third-order valence-corrected chi connectivity index (χ3v) is 3.44. The van der Waals surface area contributed by atoms with E-state index in [4.69, 9.17) is 0 Å². The van der Waals surface area contributed by atoms with Crippen LogP contribution in [0.3, 0.4) is 0 Å². The number of allylic oxidation sites excluding steroid dienone is 2. The Hall–Kier alpha value is -1.80. The number of halogens is 22. The molecule has 212 valence electrons. The van der Waals surface area contributed by atoms with Crippen LogP contribution in [-0.4, -0.2) is 53.8 Å². The fourth-order valence-corrected chi connectivity index (χ4v) is 1.56. The van der Waals surface area contributed by atoms with E-state index in [1.165, 1.54) is 0 Å². The molecule has 0 N–H and O–H groups in total. The molecule has 0 aromatic carbocycles. The minimum absolute atomic E-state index is 2.00. The van der Waals surface area contributed by atoms with Crippen LogP contribution in [0.4, 0.5) is 96.6 Å². The Labute approximate surface area is 177 Å². The first kappa shape index (κ1) is 35.4. The van der Waals surface area contributed by atoms with Crippen LogP contribution >= 0.6 is 0 Å². The Morgan fingerprint density at radius 2 is 0.571 bits per heavy atom. The molecule has 22 heteroatoms. The molecule has 0 heterocycles. The molecule has 0 rings (SSSR count). The summed E-state index contributed by atoms with van der Waals surface area (Å²) in [6, 6.07) is 0. The summed E-state index contributed by atoms with van der Waals surface area (Å²) in [5, 5.41) is 0. The van der Waals surface area contributed by atoms with Gasteiger partial charge in [-0.1, -0.05) is 13.8 Å². The first-order valence-electron chi connectivity index (χ1n) is 7.66. The predicted molar refractivity (Wildman–Crippen MR) is 67.3 cm³/mol. The van der Waals surface area contributed by atoms with Crippen molar-refractivity contribution in [3.63, 3.8) is 0 Å². The van der Waals surface area contributed by atoms with Crippen LogP contribution in [0.15, 0.2) is 11.7 Å². The lowest BCUT2D eigenvalue weighted by molar-refractivity contribution is -0.460. The van der Waals surface area contributed by atoms with E-state index >= 15 is 0 Å². The highest BCUT2D eigenvalue weighted by atomic mass is 19.4. The lowest BCUT2D eigenvalue weighted by Gasteiger charge is -2.42. The summed E-state index contributed by atoms with van der Waals surface area (Å²) >= 11 is 0. The van der Waals surface area contributed by atoms with E-state index in [1.54, 1.807) is 0 Å². The van der Waals surface area contributed by atoms with Crippen molar-refractivity contribution >= 4 is 0 Å². The summed E-state index contributed by atoms with van der Waals surface area (Å²) in [7, 11) is 0. The van der Waals surface area contributed by atoms with E-state index in [0.717, 1.165) is 0 Å². The SMILES string of the molecule is CC.FC(=C(F)C(F)(F)C(F)(F)C(F)(F)C(F)(F)C(F)(F)C(F)(F)C(F)(F)C(F)(F)F)C(F)(F)F. The Bertz CT molecular complexity index is 761. The van der Waals surface area contributed by atoms with E-state index in [9.17, 15) is 96.6 Å². The first-order valence-corrected chi connectivity index (χ1v) is 7.66. The van der Waals surface area contributed by atoms with Gasteiger partial charge in [0, 0.05) is 0 Å². The summed E-state index contributed by atoms with van der Waals surface area (Å²) in [5.41, 5.74) is 0. The normalized spacial score (nSPS) is 16.5. The van der Waals surface area contributed by atoms with Crippen molar-refractivity contribution in [3.8, 4) is 0 Å². The van der Waals surface area contributed by atoms with Gasteiger partial charge in [-0.2, -0.15) is 92.2 Å². The van der Waals surface area contributed by atoms with Gasteiger partial charge in [0.05, 0.1) is 0 Å². The van der Waals surface area contributed by atoms with Gasteiger partial charge in [0.1, 0.15) is 0 Å². The van der Waals surface area contributed by atoms with Crippen LogP contribution in [0, 0.1) is 0 Å². The highest BCUT2D eigenvalue weighted by Gasteiger charge is 2.95. The molecule has 0 aromatic rings. The summed E-state index contributed by atoms with van der Waals surface area (Å²) in [5.74, 6) is -72.0. The molecule has 0 unspecified atom stereocenters. The number of hydrogen-bond acceptors (Lipinski definition) is 0. The molecule has 0 atom stereocenters. The van der Waals surface area contributed by atoms with Gasteiger partial charge in [-0.25, -0.2) is 4.39 Å². The zero-order valence-electron chi connectivity index (χ0n) is 15.8. The van der Waals surface area contributed by atoms with Crippen molar-refractivity contribution in [3.05, 3.63) is 11.7 Å². The summed E-state index contributed by atoms with van der Waals surface area (Å²) < 4.78 is 278. The van der Waals surface area contributed by atoms with Crippen LogP contribution in [0.25, 0.3) is 0 Å². The molecule has 0 aliphatic rings. The molecule has 0 aliphatic heterocycles. The number of rotatable bonds is 7. The van der Waals surface area contributed by atoms with Gasteiger partial charge in [-0.3, -0.25) is 0 Å². The third kappa shape index (κ3) is 4.93. The van der Waals surface area contributed by atoms with Crippen LogP contribution < -0.4 is 0 Å². The second kappa shape index (κ2) is 9.25. The average molecular weight is 580 g/mol. The molecule has 0 radical (unpaired) electrons. The molecule has 0 bridgehead atoms. The molecule has 0 aromatic heterocycles. The Morgan fingerprint density at radius 3 is 0.800 bits per heavy atom. The number of alkyl halides is 20. The Morgan fingerprint density at radius 1 is 0.343 bits per heavy atom. The second-order valence-electron chi connectivity index (χ2n) is 5.64. The Balaban J connectivity index is 0. The third-order valence-electron chi connectivity index (χ3n) is 3.44. The molecular formula is C13H6F22. The van der Waals surface area contributed by atoms with E-state index < -0.39 is 65.5 Å². The van der Waals surface area contributed by atoms with Crippen molar-refractivity contribution in [1.29, 1.82) is 0 Å². The maximum atomic E-state index is 13.2. The lowest BCUT2D eigenvalue weighted by atomic mass is 9.88. The van der Waals surface area contributed by atoms with Gasteiger partial charge in [0.25, 0.3) is 0 Å². The van der Waals surface area contributed by atoms with Crippen molar-refractivity contribution in [2.45, 2.75) is 67.7 Å². The topological polar surface area (TPSA) is 0 Å². The molecule has 0 nitrogen and oxygen atoms in total. The van der Waals surface area contributed by atoms with Gasteiger partial charge in [0.15, 0.2) is 0 Å². The van der Waals surface area contributed by atoms with Crippen LogP contribution in [-0.2, 0) is 0 Å². The maximum Gasteiger partial charge on any atom is 0.460 e. The molecule has 35 heavy (non-hydrogen) atoms. The zero-order valence-corrected chi connectivity index (χ0v) is 15.8. The van der Waals surface area contributed by atoms with Crippen LogP contribution in [0.5, 0.6) is 0 Å². The summed E-state index contributed by atoms with van der Waals surface area (Å²) in [6.45, 7) is 4.00. The van der Waals surface area contributed by atoms with Gasteiger partial charge in [-0.05, 0) is 0 Å². The predicted octanol–water partition coefficient (Wildman–Crippen LogP) is 8.73. The van der Waals surface area contributed by atoms with Crippen molar-refractivity contribution < 1.29 is 96.6 Å². The fraction of sp³-hybridized carbons (Fsp3) is 0.846. The van der Waals surface area contributed by atoms with E-state index in [0.29, 0.717) is 0 Å². The quantitative estimate of drug-likeness (QED) is 0.265. The average Bonchev–Trinajstić information content (AvgIpc) is 2.65. The fourth-order valence-electron chi connectivity index (χ4n) is 1.56. The van der Waals surface area contributed by atoms with Crippen LogP contribution in [0.1, 0.15) is 13.8 Å². The maximum absolute atomic E-state index is 13.2. The number of hydrogen-bond donors (Lipinski definition) is 0. The van der Waals surface area contributed by atoms with E-state index in [1.807, 2.05) is 13.8 Å². The van der Waals surface area contributed by atoms with Crippen molar-refractivity contribution in [2.75, 3.05) is 0 Å².